The van der Waals surface area contributed by atoms with Crippen molar-refractivity contribution in [3.8, 4) is 0 Å². The van der Waals surface area contributed by atoms with Crippen LogP contribution in [0, 0.1) is 0 Å². The second-order valence-corrected chi connectivity index (χ2v) is 3.16. The molecule has 0 unspecified atom stereocenters. The molecule has 0 saturated carbocycles. The van der Waals surface area contributed by atoms with Crippen molar-refractivity contribution in [1.82, 2.24) is 4.98 Å². The Bertz CT molecular complexity index is 318. The van der Waals surface area contributed by atoms with Crippen molar-refractivity contribution in [1.29, 1.82) is 0 Å². The number of carbonyl (C=O) groups excluding carboxylic acids is 2. The Balaban J connectivity index is 2.98. The van der Waals surface area contributed by atoms with Gasteiger partial charge in [0.15, 0.2) is 0 Å². The first-order valence-corrected chi connectivity index (χ1v) is 4.07. The zero-order valence-electron chi connectivity index (χ0n) is 6.37. The van der Waals surface area contributed by atoms with Crippen LogP contribution in [0.4, 0.5) is 0 Å². The first kappa shape index (κ1) is 9.06. The summed E-state index contributed by atoms with van der Waals surface area (Å²) in [7, 11) is 0. The molecular weight excluding hydrogens is 222 g/mol. The third kappa shape index (κ3) is 1.98. The largest absolute Gasteiger partial charge is 0.291 e. The Labute approximate surface area is 77.9 Å². The molecule has 0 spiro atoms. The average molecular weight is 228 g/mol. The lowest BCUT2D eigenvalue weighted by atomic mass is 10.2. The van der Waals surface area contributed by atoms with Crippen LogP contribution in [-0.2, 0) is 4.79 Å². The number of carbonyl (C=O) groups is 2. The Morgan fingerprint density at radius 3 is 2.50 bits per heavy atom. The number of rotatable bonds is 2. The molecule has 0 aromatic carbocycles. The summed E-state index contributed by atoms with van der Waals surface area (Å²) in [5, 5.41) is 0. The zero-order valence-corrected chi connectivity index (χ0v) is 7.96. The van der Waals surface area contributed by atoms with Crippen molar-refractivity contribution >= 4 is 27.5 Å². The highest BCUT2D eigenvalue weighted by atomic mass is 79.9. The highest BCUT2D eigenvalue weighted by Gasteiger charge is 2.11. The van der Waals surface area contributed by atoms with Gasteiger partial charge in [-0.15, -0.1) is 0 Å². The number of aromatic nitrogens is 1. The molecule has 0 aliphatic heterocycles. The summed E-state index contributed by atoms with van der Waals surface area (Å²) in [6.45, 7) is 1.23. The van der Waals surface area contributed by atoms with E-state index in [1.165, 1.54) is 19.2 Å². The number of Topliss-reactive ketones (excluding diaryl/α,β-unsaturated/α-hetero) is 2. The van der Waals surface area contributed by atoms with E-state index < -0.39 is 11.6 Å². The van der Waals surface area contributed by atoms with Crippen molar-refractivity contribution in [2.45, 2.75) is 6.92 Å². The van der Waals surface area contributed by atoms with Gasteiger partial charge in [-0.25, -0.2) is 0 Å². The van der Waals surface area contributed by atoms with Crippen LogP contribution < -0.4 is 0 Å². The Morgan fingerprint density at radius 2 is 2.08 bits per heavy atom. The first-order valence-electron chi connectivity index (χ1n) is 3.28. The van der Waals surface area contributed by atoms with Crippen molar-refractivity contribution in [3.05, 3.63) is 28.5 Å². The number of nitrogens with zero attached hydrogens (tertiary/aromatic N) is 1. The van der Waals surface area contributed by atoms with E-state index in [2.05, 4.69) is 20.9 Å². The molecule has 0 radical (unpaired) electrons. The Morgan fingerprint density at radius 1 is 1.42 bits per heavy atom. The maximum Gasteiger partial charge on any atom is 0.246 e. The van der Waals surface area contributed by atoms with Gasteiger partial charge in [0.2, 0.25) is 11.6 Å². The van der Waals surface area contributed by atoms with Gasteiger partial charge in [0, 0.05) is 17.6 Å². The molecule has 1 heterocycles. The van der Waals surface area contributed by atoms with Crippen LogP contribution in [0.5, 0.6) is 0 Å². The van der Waals surface area contributed by atoms with Gasteiger partial charge in [-0.1, -0.05) is 0 Å². The van der Waals surface area contributed by atoms with Crippen molar-refractivity contribution in [2.24, 2.45) is 0 Å². The minimum absolute atomic E-state index is 0.186. The number of ketones is 2. The molecule has 3 nitrogen and oxygen atoms in total. The number of halogens is 1. The molecule has 0 atom stereocenters. The minimum atomic E-state index is -0.553. The predicted octanol–water partition coefficient (Wildman–Crippen LogP) is 1.62. The zero-order chi connectivity index (χ0) is 9.14. The summed E-state index contributed by atoms with van der Waals surface area (Å²) in [6.07, 6.45) is 1.48. The van der Waals surface area contributed by atoms with Gasteiger partial charge < -0.3 is 0 Å². The maximum absolute atomic E-state index is 11.0. The van der Waals surface area contributed by atoms with Crippen LogP contribution in [0.25, 0.3) is 0 Å². The molecule has 62 valence electrons. The summed E-state index contributed by atoms with van der Waals surface area (Å²) in [5.41, 5.74) is 0.186. The van der Waals surface area contributed by atoms with E-state index in [9.17, 15) is 9.59 Å². The third-order valence-corrected chi connectivity index (χ3v) is 1.75. The molecule has 0 N–H and O–H groups in total. The second kappa shape index (κ2) is 3.58. The topological polar surface area (TPSA) is 47.0 Å². The van der Waals surface area contributed by atoms with Gasteiger partial charge >= 0.3 is 0 Å². The maximum atomic E-state index is 11.0. The molecule has 0 fully saturated rings. The van der Waals surface area contributed by atoms with Crippen molar-refractivity contribution in [3.63, 3.8) is 0 Å². The van der Waals surface area contributed by atoms with Gasteiger partial charge in [0.1, 0.15) is 5.69 Å². The normalized spacial score (nSPS) is 9.50. The molecule has 1 aromatic rings. The number of pyridine rings is 1. The van der Waals surface area contributed by atoms with Crippen LogP contribution in [0.1, 0.15) is 17.4 Å². The minimum Gasteiger partial charge on any atom is -0.291 e. The van der Waals surface area contributed by atoms with E-state index in [-0.39, 0.29) is 5.69 Å². The van der Waals surface area contributed by atoms with Gasteiger partial charge in [0.25, 0.3) is 0 Å². The van der Waals surface area contributed by atoms with E-state index >= 15 is 0 Å². The highest BCUT2D eigenvalue weighted by Crippen LogP contribution is 2.07. The van der Waals surface area contributed by atoms with Gasteiger partial charge in [0.05, 0.1) is 0 Å². The van der Waals surface area contributed by atoms with Crippen LogP contribution in [0.3, 0.4) is 0 Å². The van der Waals surface area contributed by atoms with E-state index in [1.54, 1.807) is 6.07 Å². The smallest absolute Gasteiger partial charge is 0.246 e. The van der Waals surface area contributed by atoms with E-state index in [1.807, 2.05) is 0 Å². The van der Waals surface area contributed by atoms with Gasteiger partial charge in [-0.05, 0) is 28.1 Å². The first-order chi connectivity index (χ1) is 5.61. The molecule has 0 aliphatic carbocycles. The fourth-order valence-electron chi connectivity index (χ4n) is 0.690. The molecule has 1 rings (SSSR count). The summed E-state index contributed by atoms with van der Waals surface area (Å²) in [5.74, 6) is -1.05. The molecule has 12 heavy (non-hydrogen) atoms. The summed E-state index contributed by atoms with van der Waals surface area (Å²) >= 11 is 3.17. The van der Waals surface area contributed by atoms with Gasteiger partial charge in [-0.2, -0.15) is 0 Å². The third-order valence-electron chi connectivity index (χ3n) is 1.28. The molecule has 0 bridgehead atoms. The molecule has 0 aliphatic rings. The van der Waals surface area contributed by atoms with E-state index in [4.69, 9.17) is 0 Å². The Hall–Kier alpha value is -1.03. The molecule has 0 amide bonds. The fourth-order valence-corrected chi connectivity index (χ4v) is 0.925. The van der Waals surface area contributed by atoms with Crippen molar-refractivity contribution in [2.75, 3.05) is 0 Å². The monoisotopic (exact) mass is 227 g/mol. The SMILES string of the molecule is CC(=O)C(=O)c1ccc(Br)cn1. The standard InChI is InChI=1S/C8H6BrNO2/c1-5(11)8(12)7-3-2-6(9)4-10-7/h2-4H,1H3. The predicted molar refractivity (Wildman–Crippen MR) is 46.9 cm³/mol. The van der Waals surface area contributed by atoms with E-state index in [0.29, 0.717) is 0 Å². The molecular formula is C8H6BrNO2. The molecule has 0 saturated heterocycles. The van der Waals surface area contributed by atoms with Crippen LogP contribution in [-0.4, -0.2) is 16.6 Å². The summed E-state index contributed by atoms with van der Waals surface area (Å²) in [6, 6.07) is 3.18. The lowest BCUT2D eigenvalue weighted by Crippen LogP contribution is -2.11. The average Bonchev–Trinajstić information content (AvgIpc) is 2.04. The lowest BCUT2D eigenvalue weighted by Gasteiger charge is -1.94. The summed E-state index contributed by atoms with van der Waals surface area (Å²) in [4.78, 5) is 25.4. The number of hydrogen-bond acceptors (Lipinski definition) is 3. The van der Waals surface area contributed by atoms with Crippen LogP contribution in [0.2, 0.25) is 0 Å². The Kier molecular flexibility index (Phi) is 2.70. The van der Waals surface area contributed by atoms with Gasteiger partial charge in [-0.3, -0.25) is 14.6 Å². The van der Waals surface area contributed by atoms with Crippen LogP contribution in [0.15, 0.2) is 22.8 Å². The quantitative estimate of drug-likeness (QED) is 0.570. The fraction of sp³-hybridized carbons (Fsp3) is 0.125. The lowest BCUT2D eigenvalue weighted by molar-refractivity contribution is -0.113. The van der Waals surface area contributed by atoms with Crippen LogP contribution >= 0.6 is 15.9 Å². The van der Waals surface area contributed by atoms with Crippen molar-refractivity contribution < 1.29 is 9.59 Å². The molecule has 4 heteroatoms. The number of hydrogen-bond donors (Lipinski definition) is 0. The second-order valence-electron chi connectivity index (χ2n) is 2.25. The highest BCUT2D eigenvalue weighted by molar-refractivity contribution is 9.10. The van der Waals surface area contributed by atoms with E-state index in [0.717, 1.165) is 4.47 Å². The summed E-state index contributed by atoms with van der Waals surface area (Å²) < 4.78 is 0.780. The molecule has 1 aromatic heterocycles.